The van der Waals surface area contributed by atoms with E-state index in [0.29, 0.717) is 18.7 Å². The van der Waals surface area contributed by atoms with E-state index in [0.717, 1.165) is 4.90 Å². The zero-order valence-electron chi connectivity index (χ0n) is 10.3. The average molecular weight is 253 g/mol. The second-order valence-electron chi connectivity index (χ2n) is 4.23. The van der Waals surface area contributed by atoms with E-state index in [2.05, 4.69) is 5.32 Å². The fraction of sp³-hybridized carbons (Fsp3) is 0.462. The molecule has 4 heteroatoms. The van der Waals surface area contributed by atoms with Crippen molar-refractivity contribution in [2.75, 3.05) is 12.3 Å². The third-order valence-electron chi connectivity index (χ3n) is 2.54. The summed E-state index contributed by atoms with van der Waals surface area (Å²) in [6, 6.07) is 9.78. The summed E-state index contributed by atoms with van der Waals surface area (Å²) in [5.41, 5.74) is -0.812. The molecule has 0 saturated heterocycles. The van der Waals surface area contributed by atoms with E-state index < -0.39 is 5.60 Å². The standard InChI is InChI=1S/C13H19NO2S/c1-3-13(2,16)10-14-12(15)9-17-11-7-5-4-6-8-11/h4-8,16H,3,9-10H2,1-2H3,(H,14,15). The van der Waals surface area contributed by atoms with Gasteiger partial charge in [-0.3, -0.25) is 4.79 Å². The molecule has 0 saturated carbocycles. The lowest BCUT2D eigenvalue weighted by molar-refractivity contribution is -0.119. The summed E-state index contributed by atoms with van der Waals surface area (Å²) in [4.78, 5) is 12.6. The first-order valence-corrected chi connectivity index (χ1v) is 6.69. The number of rotatable bonds is 6. The summed E-state index contributed by atoms with van der Waals surface area (Å²) < 4.78 is 0. The molecule has 2 N–H and O–H groups in total. The molecular formula is C13H19NO2S. The quantitative estimate of drug-likeness (QED) is 0.763. The largest absolute Gasteiger partial charge is 0.388 e. The highest BCUT2D eigenvalue weighted by molar-refractivity contribution is 8.00. The number of benzene rings is 1. The maximum Gasteiger partial charge on any atom is 0.230 e. The number of carbonyl (C=O) groups excluding carboxylic acids is 1. The summed E-state index contributed by atoms with van der Waals surface area (Å²) in [5, 5.41) is 12.5. The summed E-state index contributed by atoms with van der Waals surface area (Å²) in [5.74, 6) is 0.330. The highest BCUT2D eigenvalue weighted by Gasteiger charge is 2.18. The molecule has 0 radical (unpaired) electrons. The van der Waals surface area contributed by atoms with Crippen molar-refractivity contribution in [3.63, 3.8) is 0 Å². The molecule has 3 nitrogen and oxygen atoms in total. The van der Waals surface area contributed by atoms with Gasteiger partial charge in [0.25, 0.3) is 0 Å². The van der Waals surface area contributed by atoms with Crippen LogP contribution in [0.4, 0.5) is 0 Å². The second kappa shape index (κ2) is 6.67. The van der Waals surface area contributed by atoms with Crippen molar-refractivity contribution in [2.45, 2.75) is 30.8 Å². The molecule has 0 fully saturated rings. The van der Waals surface area contributed by atoms with E-state index in [1.54, 1.807) is 6.92 Å². The zero-order valence-corrected chi connectivity index (χ0v) is 11.1. The van der Waals surface area contributed by atoms with Crippen molar-refractivity contribution >= 4 is 17.7 Å². The molecule has 1 atom stereocenters. The highest BCUT2D eigenvalue weighted by Crippen LogP contribution is 2.16. The molecule has 94 valence electrons. The fourth-order valence-corrected chi connectivity index (χ4v) is 1.88. The van der Waals surface area contributed by atoms with Crippen LogP contribution >= 0.6 is 11.8 Å². The summed E-state index contributed by atoms with van der Waals surface area (Å²) in [7, 11) is 0. The van der Waals surface area contributed by atoms with Crippen LogP contribution < -0.4 is 5.32 Å². The van der Waals surface area contributed by atoms with Crippen LogP contribution in [0.5, 0.6) is 0 Å². The van der Waals surface area contributed by atoms with E-state index in [9.17, 15) is 9.90 Å². The SMILES string of the molecule is CCC(C)(O)CNC(=O)CSc1ccccc1. The van der Waals surface area contributed by atoms with Crippen LogP contribution in [0.1, 0.15) is 20.3 Å². The molecule has 0 spiro atoms. The van der Waals surface area contributed by atoms with Crippen molar-refractivity contribution in [1.29, 1.82) is 0 Å². The Morgan fingerprint density at radius 1 is 1.41 bits per heavy atom. The normalized spacial score (nSPS) is 14.1. The molecule has 0 aliphatic carbocycles. The number of carbonyl (C=O) groups is 1. The molecule has 1 rings (SSSR count). The molecular weight excluding hydrogens is 234 g/mol. The molecule has 1 aromatic rings. The minimum Gasteiger partial charge on any atom is -0.388 e. The first kappa shape index (κ1) is 14.1. The maximum atomic E-state index is 11.5. The maximum absolute atomic E-state index is 11.5. The molecule has 0 aliphatic rings. The van der Waals surface area contributed by atoms with Gasteiger partial charge in [-0.25, -0.2) is 0 Å². The molecule has 1 aromatic carbocycles. The van der Waals surface area contributed by atoms with Gasteiger partial charge in [0.1, 0.15) is 0 Å². The highest BCUT2D eigenvalue weighted by atomic mass is 32.2. The third-order valence-corrected chi connectivity index (χ3v) is 3.55. The summed E-state index contributed by atoms with van der Waals surface area (Å²) in [6.07, 6.45) is 0.624. The van der Waals surface area contributed by atoms with Crippen LogP contribution in [-0.2, 0) is 4.79 Å². The predicted octanol–water partition coefficient (Wildman–Crippen LogP) is 2.06. The smallest absolute Gasteiger partial charge is 0.230 e. The van der Waals surface area contributed by atoms with Gasteiger partial charge in [-0.05, 0) is 25.5 Å². The monoisotopic (exact) mass is 253 g/mol. The molecule has 17 heavy (non-hydrogen) atoms. The van der Waals surface area contributed by atoms with Crippen molar-refractivity contribution in [3.8, 4) is 0 Å². The Bertz CT molecular complexity index is 352. The molecule has 1 unspecified atom stereocenters. The average Bonchev–Trinajstić information content (AvgIpc) is 2.35. The van der Waals surface area contributed by atoms with Crippen molar-refractivity contribution in [3.05, 3.63) is 30.3 Å². The zero-order chi connectivity index (χ0) is 12.7. The van der Waals surface area contributed by atoms with Gasteiger partial charge in [0, 0.05) is 11.4 Å². The van der Waals surface area contributed by atoms with Gasteiger partial charge >= 0.3 is 0 Å². The minimum atomic E-state index is -0.812. The van der Waals surface area contributed by atoms with Crippen LogP contribution in [0, 0.1) is 0 Å². The van der Waals surface area contributed by atoms with E-state index in [1.807, 2.05) is 37.3 Å². The molecule has 0 aliphatic heterocycles. The van der Waals surface area contributed by atoms with Crippen LogP contribution in [0.2, 0.25) is 0 Å². The van der Waals surface area contributed by atoms with Crippen molar-refractivity contribution in [2.24, 2.45) is 0 Å². The number of hydrogen-bond acceptors (Lipinski definition) is 3. The van der Waals surface area contributed by atoms with Crippen molar-refractivity contribution in [1.82, 2.24) is 5.32 Å². The predicted molar refractivity (Wildman–Crippen MR) is 71.1 cm³/mol. The number of nitrogens with one attached hydrogen (secondary N) is 1. The van der Waals surface area contributed by atoms with Gasteiger partial charge in [-0.1, -0.05) is 25.1 Å². The van der Waals surface area contributed by atoms with Gasteiger partial charge in [0.05, 0.1) is 11.4 Å². The Balaban J connectivity index is 2.27. The van der Waals surface area contributed by atoms with Gasteiger partial charge in [0.15, 0.2) is 0 Å². The fourth-order valence-electron chi connectivity index (χ4n) is 1.13. The van der Waals surface area contributed by atoms with Gasteiger partial charge < -0.3 is 10.4 Å². The van der Waals surface area contributed by atoms with E-state index in [4.69, 9.17) is 0 Å². The second-order valence-corrected chi connectivity index (χ2v) is 5.28. The lowest BCUT2D eigenvalue weighted by Crippen LogP contribution is -2.40. The van der Waals surface area contributed by atoms with Crippen LogP contribution in [0.3, 0.4) is 0 Å². The van der Waals surface area contributed by atoms with Crippen LogP contribution in [0.15, 0.2) is 35.2 Å². The number of amides is 1. The molecule has 0 bridgehead atoms. The number of hydrogen-bond donors (Lipinski definition) is 2. The van der Waals surface area contributed by atoms with E-state index in [-0.39, 0.29) is 5.91 Å². The van der Waals surface area contributed by atoms with E-state index in [1.165, 1.54) is 11.8 Å². The minimum absolute atomic E-state index is 0.0485. The topological polar surface area (TPSA) is 49.3 Å². The Kier molecular flexibility index (Phi) is 5.51. The lowest BCUT2D eigenvalue weighted by Gasteiger charge is -2.21. The van der Waals surface area contributed by atoms with Gasteiger partial charge in [-0.15, -0.1) is 11.8 Å². The van der Waals surface area contributed by atoms with Gasteiger partial charge in [-0.2, -0.15) is 0 Å². The summed E-state index contributed by atoms with van der Waals surface area (Å²) >= 11 is 1.49. The Morgan fingerprint density at radius 2 is 2.06 bits per heavy atom. The first-order chi connectivity index (χ1) is 8.03. The number of thioether (sulfide) groups is 1. The van der Waals surface area contributed by atoms with Gasteiger partial charge in [0.2, 0.25) is 5.91 Å². The Hall–Kier alpha value is -1.00. The summed E-state index contributed by atoms with van der Waals surface area (Å²) in [6.45, 7) is 3.92. The van der Waals surface area contributed by atoms with Crippen LogP contribution in [-0.4, -0.2) is 28.9 Å². The molecule has 0 heterocycles. The van der Waals surface area contributed by atoms with Crippen LogP contribution in [0.25, 0.3) is 0 Å². The molecule has 0 aromatic heterocycles. The molecule has 1 amide bonds. The van der Waals surface area contributed by atoms with E-state index >= 15 is 0 Å². The third kappa shape index (κ3) is 5.75. The Morgan fingerprint density at radius 3 is 2.65 bits per heavy atom. The lowest BCUT2D eigenvalue weighted by atomic mass is 10.0. The Labute approximate surface area is 107 Å². The van der Waals surface area contributed by atoms with Crippen molar-refractivity contribution < 1.29 is 9.90 Å². The first-order valence-electron chi connectivity index (χ1n) is 5.70. The number of aliphatic hydroxyl groups is 1.